The van der Waals surface area contributed by atoms with Crippen LogP contribution < -0.4 is 10.6 Å². The van der Waals surface area contributed by atoms with Gasteiger partial charge in [0.25, 0.3) is 5.91 Å². The van der Waals surface area contributed by atoms with Gasteiger partial charge in [-0.1, -0.05) is 19.3 Å². The molecule has 1 aromatic carbocycles. The molecule has 108 valence electrons. The van der Waals surface area contributed by atoms with Crippen molar-refractivity contribution in [2.24, 2.45) is 0 Å². The Kier molecular flexibility index (Phi) is 3.66. The number of anilines is 1. The highest BCUT2D eigenvalue weighted by Crippen LogP contribution is 2.27. The average Bonchev–Trinajstić information content (AvgIpc) is 2.93. The van der Waals surface area contributed by atoms with Gasteiger partial charge in [-0.3, -0.25) is 4.79 Å². The fraction of sp³-hybridized carbons (Fsp3) is 0.562. The number of hydrogen-bond acceptors (Lipinski definition) is 3. The zero-order valence-corrected chi connectivity index (χ0v) is 11.7. The maximum Gasteiger partial charge on any atom is 0.251 e. The number of rotatable bonds is 3. The van der Waals surface area contributed by atoms with Crippen LogP contribution >= 0.6 is 0 Å². The first-order valence-corrected chi connectivity index (χ1v) is 7.54. The van der Waals surface area contributed by atoms with Crippen LogP contribution in [-0.2, 0) is 6.42 Å². The van der Waals surface area contributed by atoms with Gasteiger partial charge in [0.05, 0.1) is 5.60 Å². The Balaban J connectivity index is 1.61. The van der Waals surface area contributed by atoms with Crippen LogP contribution in [0, 0.1) is 0 Å². The van der Waals surface area contributed by atoms with Crippen molar-refractivity contribution in [2.75, 3.05) is 18.4 Å². The minimum atomic E-state index is -0.702. The van der Waals surface area contributed by atoms with Crippen molar-refractivity contribution in [3.05, 3.63) is 29.3 Å². The second-order valence-electron chi connectivity index (χ2n) is 6.02. The highest BCUT2D eigenvalue weighted by molar-refractivity contribution is 5.95. The number of carbonyl (C=O) groups is 1. The van der Waals surface area contributed by atoms with E-state index < -0.39 is 5.60 Å². The van der Waals surface area contributed by atoms with Crippen molar-refractivity contribution in [1.82, 2.24) is 5.32 Å². The van der Waals surface area contributed by atoms with Gasteiger partial charge in [-0.25, -0.2) is 0 Å². The van der Waals surface area contributed by atoms with E-state index in [-0.39, 0.29) is 5.91 Å². The summed E-state index contributed by atoms with van der Waals surface area (Å²) in [5, 5.41) is 16.6. The molecule has 1 aliphatic heterocycles. The van der Waals surface area contributed by atoms with Gasteiger partial charge in [0.1, 0.15) is 0 Å². The normalized spacial score (nSPS) is 20.1. The summed E-state index contributed by atoms with van der Waals surface area (Å²) in [6.07, 6.45) is 5.85. The zero-order chi connectivity index (χ0) is 14.0. The smallest absolute Gasteiger partial charge is 0.251 e. The summed E-state index contributed by atoms with van der Waals surface area (Å²) in [4.78, 5) is 12.2. The molecule has 0 unspecified atom stereocenters. The predicted octanol–water partition coefficient (Wildman–Crippen LogP) is 2.08. The minimum Gasteiger partial charge on any atom is -0.388 e. The van der Waals surface area contributed by atoms with Crippen LogP contribution in [0.4, 0.5) is 5.69 Å². The summed E-state index contributed by atoms with van der Waals surface area (Å²) in [7, 11) is 0. The number of fused-ring (bicyclic) bond motifs is 1. The van der Waals surface area contributed by atoms with E-state index in [1.165, 1.54) is 12.0 Å². The van der Waals surface area contributed by atoms with Crippen molar-refractivity contribution in [3.8, 4) is 0 Å². The first-order chi connectivity index (χ1) is 9.66. The minimum absolute atomic E-state index is 0.0845. The predicted molar refractivity (Wildman–Crippen MR) is 79.0 cm³/mol. The van der Waals surface area contributed by atoms with Crippen molar-refractivity contribution >= 4 is 11.6 Å². The molecular weight excluding hydrogens is 252 g/mol. The molecule has 0 atom stereocenters. The highest BCUT2D eigenvalue weighted by atomic mass is 16.3. The van der Waals surface area contributed by atoms with Crippen molar-refractivity contribution in [2.45, 2.75) is 44.1 Å². The van der Waals surface area contributed by atoms with E-state index in [0.717, 1.165) is 44.3 Å². The van der Waals surface area contributed by atoms with Crippen molar-refractivity contribution in [3.63, 3.8) is 0 Å². The molecular formula is C16H22N2O2. The van der Waals surface area contributed by atoms with Crippen molar-refractivity contribution < 1.29 is 9.90 Å². The maximum absolute atomic E-state index is 12.2. The number of amides is 1. The van der Waals surface area contributed by atoms with E-state index >= 15 is 0 Å². The summed E-state index contributed by atoms with van der Waals surface area (Å²) >= 11 is 0. The van der Waals surface area contributed by atoms with Gasteiger partial charge in [-0.2, -0.15) is 0 Å². The second kappa shape index (κ2) is 5.44. The quantitative estimate of drug-likeness (QED) is 0.791. The lowest BCUT2D eigenvalue weighted by Gasteiger charge is -2.32. The number of aliphatic hydroxyl groups is 1. The van der Waals surface area contributed by atoms with Gasteiger partial charge in [0.15, 0.2) is 0 Å². The molecule has 0 spiro atoms. The Morgan fingerprint density at radius 1 is 1.30 bits per heavy atom. The lowest BCUT2D eigenvalue weighted by atomic mass is 9.85. The molecule has 0 bridgehead atoms. The summed E-state index contributed by atoms with van der Waals surface area (Å²) < 4.78 is 0. The molecule has 20 heavy (non-hydrogen) atoms. The Morgan fingerprint density at radius 2 is 2.10 bits per heavy atom. The summed E-state index contributed by atoms with van der Waals surface area (Å²) in [6, 6.07) is 5.76. The van der Waals surface area contributed by atoms with Crippen LogP contribution in [0.2, 0.25) is 0 Å². The van der Waals surface area contributed by atoms with Gasteiger partial charge in [-0.05, 0) is 43.0 Å². The third-order valence-electron chi connectivity index (χ3n) is 4.44. The SMILES string of the molecule is O=C(NCC1(O)CCCCC1)c1ccc2c(c1)CCN2. The van der Waals surface area contributed by atoms with Gasteiger partial charge in [0.2, 0.25) is 0 Å². The molecule has 4 heteroatoms. The van der Waals surface area contributed by atoms with E-state index in [9.17, 15) is 9.90 Å². The largest absolute Gasteiger partial charge is 0.388 e. The van der Waals surface area contributed by atoms with Crippen molar-refractivity contribution in [1.29, 1.82) is 0 Å². The number of carbonyl (C=O) groups excluding carboxylic acids is 1. The van der Waals surface area contributed by atoms with Crippen LogP contribution in [0.3, 0.4) is 0 Å². The second-order valence-corrected chi connectivity index (χ2v) is 6.02. The van der Waals surface area contributed by atoms with Gasteiger partial charge in [-0.15, -0.1) is 0 Å². The van der Waals surface area contributed by atoms with Crippen LogP contribution in [0.25, 0.3) is 0 Å². The first-order valence-electron chi connectivity index (χ1n) is 7.54. The number of benzene rings is 1. The van der Waals surface area contributed by atoms with Crippen LogP contribution in [0.5, 0.6) is 0 Å². The zero-order valence-electron chi connectivity index (χ0n) is 11.7. The lowest BCUT2D eigenvalue weighted by Crippen LogP contribution is -2.44. The maximum atomic E-state index is 12.2. The molecule has 1 aliphatic carbocycles. The van der Waals surface area contributed by atoms with E-state index in [1.807, 2.05) is 18.2 Å². The molecule has 1 fully saturated rings. The number of hydrogen-bond donors (Lipinski definition) is 3. The Morgan fingerprint density at radius 3 is 2.90 bits per heavy atom. The van der Waals surface area contributed by atoms with E-state index in [0.29, 0.717) is 12.1 Å². The third-order valence-corrected chi connectivity index (χ3v) is 4.44. The average molecular weight is 274 g/mol. The third kappa shape index (κ3) is 2.80. The molecule has 0 saturated heterocycles. The monoisotopic (exact) mass is 274 g/mol. The Hall–Kier alpha value is -1.55. The molecule has 0 aromatic heterocycles. The molecule has 4 nitrogen and oxygen atoms in total. The Bertz CT molecular complexity index is 507. The molecule has 1 amide bonds. The summed E-state index contributed by atoms with van der Waals surface area (Å²) in [6.45, 7) is 1.31. The Labute approximate surface area is 119 Å². The first kappa shape index (κ1) is 13.4. The molecule has 3 N–H and O–H groups in total. The molecule has 2 aliphatic rings. The molecule has 1 saturated carbocycles. The fourth-order valence-corrected chi connectivity index (χ4v) is 3.18. The summed E-state index contributed by atoms with van der Waals surface area (Å²) in [5.74, 6) is -0.0845. The standard InChI is InChI=1S/C16H22N2O2/c19-15(18-11-16(20)7-2-1-3-8-16)13-4-5-14-12(10-13)6-9-17-14/h4-5,10,17,20H,1-3,6-9,11H2,(H,18,19). The molecule has 0 radical (unpaired) electrons. The fourth-order valence-electron chi connectivity index (χ4n) is 3.18. The highest BCUT2D eigenvalue weighted by Gasteiger charge is 2.29. The molecule has 1 aromatic rings. The van der Waals surface area contributed by atoms with E-state index in [2.05, 4.69) is 10.6 Å². The molecule has 3 rings (SSSR count). The summed E-state index contributed by atoms with van der Waals surface area (Å²) in [5.41, 5.74) is 2.32. The number of nitrogens with one attached hydrogen (secondary N) is 2. The van der Waals surface area contributed by atoms with Gasteiger partial charge >= 0.3 is 0 Å². The van der Waals surface area contributed by atoms with Gasteiger partial charge < -0.3 is 15.7 Å². The van der Waals surface area contributed by atoms with E-state index in [4.69, 9.17) is 0 Å². The van der Waals surface area contributed by atoms with Crippen LogP contribution in [0.1, 0.15) is 48.0 Å². The van der Waals surface area contributed by atoms with E-state index in [1.54, 1.807) is 0 Å². The topological polar surface area (TPSA) is 61.4 Å². The lowest BCUT2D eigenvalue weighted by molar-refractivity contribution is 0.00526. The van der Waals surface area contributed by atoms with Crippen LogP contribution in [0.15, 0.2) is 18.2 Å². The van der Waals surface area contributed by atoms with Crippen LogP contribution in [-0.4, -0.2) is 29.7 Å². The molecule has 1 heterocycles. The van der Waals surface area contributed by atoms with Gasteiger partial charge in [0, 0.05) is 24.3 Å².